The molecule has 0 radical (unpaired) electrons. The first-order chi connectivity index (χ1) is 12.0. The molecule has 1 aromatic heterocycles. The maximum absolute atomic E-state index is 12.7. The standard InChI is InChI=1S/C18H25N5O2/c1-13(15-7-5-4-6-8-15)22(3)17(24)12-23-9-10-25-16(11-23)18-19-14(2)20-21-18/h4-8,13,16H,9-12H2,1-3H3,(H,19,20,21)/t13-,16-/m1/s1. The van der Waals surface area contributed by atoms with E-state index in [2.05, 4.69) is 20.1 Å². The topological polar surface area (TPSA) is 74.3 Å². The van der Waals surface area contributed by atoms with Crippen molar-refractivity contribution in [2.24, 2.45) is 0 Å². The summed E-state index contributed by atoms with van der Waals surface area (Å²) in [5, 5.41) is 7.01. The fraction of sp³-hybridized carbons (Fsp3) is 0.500. The lowest BCUT2D eigenvalue weighted by Crippen LogP contribution is -2.45. The first-order valence-corrected chi connectivity index (χ1v) is 8.58. The van der Waals surface area contributed by atoms with E-state index in [1.54, 1.807) is 4.90 Å². The second-order valence-corrected chi connectivity index (χ2v) is 6.46. The molecular formula is C18H25N5O2. The van der Waals surface area contributed by atoms with Crippen LogP contribution in [0, 0.1) is 6.92 Å². The minimum Gasteiger partial charge on any atom is -0.367 e. The fourth-order valence-electron chi connectivity index (χ4n) is 2.98. The molecule has 1 fully saturated rings. The number of hydrogen-bond acceptors (Lipinski definition) is 5. The van der Waals surface area contributed by atoms with E-state index >= 15 is 0 Å². The van der Waals surface area contributed by atoms with Crippen LogP contribution in [0.3, 0.4) is 0 Å². The zero-order chi connectivity index (χ0) is 17.8. The van der Waals surface area contributed by atoms with Crippen molar-refractivity contribution in [1.82, 2.24) is 25.0 Å². The number of morpholine rings is 1. The molecule has 2 heterocycles. The van der Waals surface area contributed by atoms with Crippen molar-refractivity contribution < 1.29 is 9.53 Å². The molecule has 0 spiro atoms. The molecule has 0 bridgehead atoms. The van der Waals surface area contributed by atoms with E-state index in [1.807, 2.05) is 51.2 Å². The van der Waals surface area contributed by atoms with Crippen molar-refractivity contribution in [3.05, 3.63) is 47.5 Å². The van der Waals surface area contributed by atoms with E-state index in [4.69, 9.17) is 4.74 Å². The second-order valence-electron chi connectivity index (χ2n) is 6.46. The predicted octanol–water partition coefficient (Wildman–Crippen LogP) is 1.71. The molecule has 134 valence electrons. The zero-order valence-electron chi connectivity index (χ0n) is 15.0. The molecule has 0 saturated carbocycles. The Kier molecular flexibility index (Phi) is 5.45. The van der Waals surface area contributed by atoms with Crippen LogP contribution in [-0.2, 0) is 9.53 Å². The monoisotopic (exact) mass is 343 g/mol. The van der Waals surface area contributed by atoms with Gasteiger partial charge in [-0.05, 0) is 19.4 Å². The molecule has 0 unspecified atom stereocenters. The Morgan fingerprint density at radius 1 is 1.44 bits per heavy atom. The van der Waals surface area contributed by atoms with Crippen LogP contribution in [0.25, 0.3) is 0 Å². The summed E-state index contributed by atoms with van der Waals surface area (Å²) in [4.78, 5) is 20.9. The van der Waals surface area contributed by atoms with E-state index in [0.717, 1.165) is 17.9 Å². The molecule has 2 aromatic rings. The molecule has 0 aliphatic carbocycles. The van der Waals surface area contributed by atoms with Gasteiger partial charge in [-0.25, -0.2) is 4.98 Å². The molecule has 1 aromatic carbocycles. The molecule has 1 aliphatic heterocycles. The number of nitrogens with zero attached hydrogens (tertiary/aromatic N) is 4. The largest absolute Gasteiger partial charge is 0.367 e. The lowest BCUT2D eigenvalue weighted by molar-refractivity contribution is -0.135. The third-order valence-electron chi connectivity index (χ3n) is 4.67. The van der Waals surface area contributed by atoms with Crippen LogP contribution in [0.2, 0.25) is 0 Å². The maximum Gasteiger partial charge on any atom is 0.236 e. The Morgan fingerprint density at radius 3 is 2.88 bits per heavy atom. The number of nitrogens with one attached hydrogen (secondary N) is 1. The van der Waals surface area contributed by atoms with Crippen molar-refractivity contribution in [2.75, 3.05) is 33.3 Å². The number of aromatic nitrogens is 3. The second kappa shape index (κ2) is 7.76. The molecule has 3 rings (SSSR count). The Balaban J connectivity index is 1.58. The molecule has 1 aliphatic rings. The number of likely N-dealkylation sites (N-methyl/N-ethyl adjacent to an activating group) is 1. The average Bonchev–Trinajstić information content (AvgIpc) is 3.08. The average molecular weight is 343 g/mol. The SMILES string of the molecule is Cc1nc([C@H]2CN(CC(=O)N(C)[C@H](C)c3ccccc3)CCO2)n[nH]1. The van der Waals surface area contributed by atoms with Crippen LogP contribution < -0.4 is 0 Å². The molecule has 7 heteroatoms. The van der Waals surface area contributed by atoms with Gasteiger partial charge in [-0.1, -0.05) is 30.3 Å². The predicted molar refractivity (Wildman–Crippen MR) is 93.9 cm³/mol. The Morgan fingerprint density at radius 2 is 2.20 bits per heavy atom. The minimum atomic E-state index is -0.191. The number of aryl methyl sites for hydroxylation is 1. The lowest BCUT2D eigenvalue weighted by Gasteiger charge is -2.33. The molecule has 7 nitrogen and oxygen atoms in total. The number of hydrogen-bond donors (Lipinski definition) is 1. The normalized spacial score (nSPS) is 19.6. The molecular weight excluding hydrogens is 318 g/mol. The first-order valence-electron chi connectivity index (χ1n) is 8.58. The lowest BCUT2D eigenvalue weighted by atomic mass is 10.1. The minimum absolute atomic E-state index is 0.0428. The van der Waals surface area contributed by atoms with E-state index in [-0.39, 0.29) is 18.1 Å². The summed E-state index contributed by atoms with van der Waals surface area (Å²) in [5.74, 6) is 1.52. The summed E-state index contributed by atoms with van der Waals surface area (Å²) >= 11 is 0. The number of H-pyrrole nitrogens is 1. The van der Waals surface area contributed by atoms with Crippen molar-refractivity contribution >= 4 is 5.91 Å². The highest BCUT2D eigenvalue weighted by Gasteiger charge is 2.27. The van der Waals surface area contributed by atoms with Crippen LogP contribution in [0.5, 0.6) is 0 Å². The third-order valence-corrected chi connectivity index (χ3v) is 4.67. The summed E-state index contributed by atoms with van der Waals surface area (Å²) in [6.45, 7) is 6.21. The van der Waals surface area contributed by atoms with Crippen LogP contribution in [-0.4, -0.2) is 64.2 Å². The number of carbonyl (C=O) groups is 1. The molecule has 2 atom stereocenters. The van der Waals surface area contributed by atoms with Crippen LogP contribution in [0.1, 0.15) is 36.3 Å². The first kappa shape index (κ1) is 17.6. The smallest absolute Gasteiger partial charge is 0.236 e. The highest BCUT2D eigenvalue weighted by molar-refractivity contribution is 5.78. The maximum atomic E-state index is 12.7. The van der Waals surface area contributed by atoms with Gasteiger partial charge in [0.15, 0.2) is 5.82 Å². The van der Waals surface area contributed by atoms with Gasteiger partial charge in [0, 0.05) is 20.1 Å². The van der Waals surface area contributed by atoms with E-state index in [0.29, 0.717) is 25.5 Å². The highest BCUT2D eigenvalue weighted by atomic mass is 16.5. The number of ether oxygens (including phenoxy) is 1. The van der Waals surface area contributed by atoms with Gasteiger partial charge >= 0.3 is 0 Å². The van der Waals surface area contributed by atoms with Crippen molar-refractivity contribution in [1.29, 1.82) is 0 Å². The zero-order valence-corrected chi connectivity index (χ0v) is 15.0. The van der Waals surface area contributed by atoms with Gasteiger partial charge in [0.05, 0.1) is 19.2 Å². The Hall–Kier alpha value is -2.25. The van der Waals surface area contributed by atoms with Gasteiger partial charge in [-0.2, -0.15) is 5.10 Å². The van der Waals surface area contributed by atoms with Crippen molar-refractivity contribution in [3.63, 3.8) is 0 Å². The molecule has 1 amide bonds. The van der Waals surface area contributed by atoms with Crippen LogP contribution in [0.15, 0.2) is 30.3 Å². The third kappa shape index (κ3) is 4.24. The summed E-state index contributed by atoms with van der Waals surface area (Å²) in [5.41, 5.74) is 1.13. The summed E-state index contributed by atoms with van der Waals surface area (Å²) in [6, 6.07) is 10.1. The Labute approximate surface area is 148 Å². The number of amides is 1. The van der Waals surface area contributed by atoms with E-state index in [9.17, 15) is 4.79 Å². The van der Waals surface area contributed by atoms with Gasteiger partial charge in [-0.3, -0.25) is 14.8 Å². The summed E-state index contributed by atoms with van der Waals surface area (Å²) < 4.78 is 5.75. The number of benzene rings is 1. The number of carbonyl (C=O) groups excluding carboxylic acids is 1. The fourth-order valence-corrected chi connectivity index (χ4v) is 2.98. The number of aromatic amines is 1. The molecule has 1 N–H and O–H groups in total. The van der Waals surface area contributed by atoms with Gasteiger partial charge in [-0.15, -0.1) is 0 Å². The van der Waals surface area contributed by atoms with Gasteiger partial charge in [0.25, 0.3) is 0 Å². The van der Waals surface area contributed by atoms with Gasteiger partial charge in [0.1, 0.15) is 11.9 Å². The van der Waals surface area contributed by atoms with E-state index < -0.39 is 0 Å². The van der Waals surface area contributed by atoms with E-state index in [1.165, 1.54) is 0 Å². The highest BCUT2D eigenvalue weighted by Crippen LogP contribution is 2.21. The van der Waals surface area contributed by atoms with Crippen LogP contribution in [0.4, 0.5) is 0 Å². The van der Waals surface area contributed by atoms with Gasteiger partial charge in [0.2, 0.25) is 5.91 Å². The van der Waals surface area contributed by atoms with Crippen LogP contribution >= 0.6 is 0 Å². The molecule has 1 saturated heterocycles. The van der Waals surface area contributed by atoms with Gasteiger partial charge < -0.3 is 9.64 Å². The molecule has 25 heavy (non-hydrogen) atoms. The summed E-state index contributed by atoms with van der Waals surface area (Å²) in [6.07, 6.45) is -0.191. The quantitative estimate of drug-likeness (QED) is 0.894. The number of rotatable bonds is 5. The summed E-state index contributed by atoms with van der Waals surface area (Å²) in [7, 11) is 1.86. The van der Waals surface area contributed by atoms with Crippen molar-refractivity contribution in [2.45, 2.75) is 26.0 Å². The Bertz CT molecular complexity index is 703. The van der Waals surface area contributed by atoms with Crippen molar-refractivity contribution in [3.8, 4) is 0 Å².